The Morgan fingerprint density at radius 3 is 2.71 bits per heavy atom. The largest absolute Gasteiger partial charge is 0.269 e. The van der Waals surface area contributed by atoms with Gasteiger partial charge in [0, 0.05) is 18.5 Å². The van der Waals surface area contributed by atoms with Crippen LogP contribution >= 0.6 is 8.35 Å². The summed E-state index contributed by atoms with van der Waals surface area (Å²) in [5.41, 5.74) is 1.24. The van der Waals surface area contributed by atoms with Crippen molar-refractivity contribution in [1.82, 2.24) is 9.54 Å². The summed E-state index contributed by atoms with van der Waals surface area (Å²) >= 11 is 0. The molecule has 1 aromatic heterocycles. The van der Waals surface area contributed by atoms with E-state index in [1.54, 1.807) is 0 Å². The van der Waals surface area contributed by atoms with E-state index in [4.69, 9.17) is 0 Å². The second-order valence-electron chi connectivity index (χ2n) is 1.50. The lowest BCUT2D eigenvalue weighted by atomic mass is 10.6. The van der Waals surface area contributed by atoms with E-state index in [0.717, 1.165) is 8.35 Å². The molecule has 0 aliphatic carbocycles. The molecule has 0 atom stereocenters. The molecule has 0 aliphatic heterocycles. The molecule has 2 nitrogen and oxygen atoms in total. The highest BCUT2D eigenvalue weighted by Crippen LogP contribution is 2.01. The minimum atomic E-state index is 1.07. The highest BCUT2D eigenvalue weighted by atomic mass is 31.0. The quantitative estimate of drug-likeness (QED) is 0.497. The molecule has 0 unspecified atom stereocenters. The minimum absolute atomic E-state index is 1.07. The number of aryl methyl sites for hydroxylation is 2. The first-order chi connectivity index (χ1) is 3.30. The van der Waals surface area contributed by atoms with Gasteiger partial charge >= 0.3 is 0 Å². The molecule has 0 N–H and O–H groups in total. The van der Waals surface area contributed by atoms with E-state index in [-0.39, 0.29) is 0 Å². The summed E-state index contributed by atoms with van der Waals surface area (Å²) in [6.07, 6.45) is 0. The van der Waals surface area contributed by atoms with Gasteiger partial charge in [-0.15, -0.1) is 0 Å². The van der Waals surface area contributed by atoms with Crippen molar-refractivity contribution in [2.75, 3.05) is 0 Å². The SMILES string of the molecule is Cc1cpnn1C. The molecule has 0 radical (unpaired) electrons. The summed E-state index contributed by atoms with van der Waals surface area (Å²) < 4.78 is 1.88. The summed E-state index contributed by atoms with van der Waals surface area (Å²) in [5, 5.41) is 0. The number of hydrogen-bond donors (Lipinski definition) is 0. The van der Waals surface area contributed by atoms with Gasteiger partial charge in [-0.25, -0.2) is 0 Å². The Hall–Kier alpha value is -0.360. The molecule has 0 saturated heterocycles. The third-order valence-electron chi connectivity index (χ3n) is 0.941. The Kier molecular flexibility index (Phi) is 1.11. The number of nitrogens with zero attached hydrogens (tertiary/aromatic N) is 2. The van der Waals surface area contributed by atoms with Crippen molar-refractivity contribution in [2.45, 2.75) is 6.92 Å². The van der Waals surface area contributed by atoms with Crippen LogP contribution in [-0.4, -0.2) is 9.54 Å². The molecule has 0 aliphatic rings. The van der Waals surface area contributed by atoms with Crippen molar-refractivity contribution in [3.05, 3.63) is 11.5 Å². The van der Waals surface area contributed by atoms with Gasteiger partial charge in [0.2, 0.25) is 0 Å². The van der Waals surface area contributed by atoms with Gasteiger partial charge in [-0.2, -0.15) is 4.86 Å². The van der Waals surface area contributed by atoms with Gasteiger partial charge < -0.3 is 0 Å². The zero-order chi connectivity index (χ0) is 5.28. The Morgan fingerprint density at radius 1 is 1.86 bits per heavy atom. The molecule has 0 saturated carbocycles. The van der Waals surface area contributed by atoms with Crippen LogP contribution in [0.3, 0.4) is 0 Å². The summed E-state index contributed by atoms with van der Waals surface area (Å²) in [4.78, 5) is 4.03. The summed E-state index contributed by atoms with van der Waals surface area (Å²) in [6, 6.07) is 0. The first-order valence-electron chi connectivity index (χ1n) is 2.12. The highest BCUT2D eigenvalue weighted by molar-refractivity contribution is 7.24. The minimum Gasteiger partial charge on any atom is -0.269 e. The van der Waals surface area contributed by atoms with Crippen molar-refractivity contribution >= 4 is 8.35 Å². The van der Waals surface area contributed by atoms with Crippen LogP contribution in [0.2, 0.25) is 0 Å². The van der Waals surface area contributed by atoms with Crippen molar-refractivity contribution in [2.24, 2.45) is 7.05 Å². The predicted octanol–water partition coefficient (Wildman–Crippen LogP) is 1.31. The van der Waals surface area contributed by atoms with Crippen molar-refractivity contribution in [3.63, 3.8) is 0 Å². The number of aromatic nitrogens is 2. The molecule has 1 rings (SSSR count). The molecule has 1 heterocycles. The van der Waals surface area contributed by atoms with Crippen LogP contribution in [-0.2, 0) is 7.05 Å². The number of hydrogen-bond acceptors (Lipinski definition) is 1. The Balaban J connectivity index is 3.12. The predicted molar refractivity (Wildman–Crippen MR) is 30.5 cm³/mol. The first-order valence-corrected chi connectivity index (χ1v) is 3.03. The molecule has 1 aromatic rings. The maximum absolute atomic E-state index is 4.03. The molecular weight excluding hydrogens is 107 g/mol. The third-order valence-corrected chi connectivity index (χ3v) is 1.80. The monoisotopic (exact) mass is 114 g/mol. The van der Waals surface area contributed by atoms with Gasteiger partial charge in [-0.3, -0.25) is 4.68 Å². The van der Waals surface area contributed by atoms with E-state index in [1.807, 2.05) is 18.7 Å². The standard InChI is InChI=1S/C4H7N2P/c1-4-3-7-5-6(4)2/h3H,1-2H3. The lowest BCUT2D eigenvalue weighted by molar-refractivity contribution is 0.762. The van der Waals surface area contributed by atoms with Crippen LogP contribution in [0.5, 0.6) is 0 Å². The molecule has 0 aromatic carbocycles. The molecule has 7 heavy (non-hydrogen) atoms. The average Bonchev–Trinajstić information content (AvgIpc) is 1.91. The second kappa shape index (κ2) is 1.63. The van der Waals surface area contributed by atoms with Gasteiger partial charge in [0.15, 0.2) is 0 Å². The summed E-state index contributed by atoms with van der Waals surface area (Å²) in [6.45, 7) is 2.05. The van der Waals surface area contributed by atoms with Crippen LogP contribution in [0.1, 0.15) is 5.69 Å². The smallest absolute Gasteiger partial charge is 0.0627 e. The van der Waals surface area contributed by atoms with Gasteiger partial charge in [-0.05, 0) is 6.92 Å². The van der Waals surface area contributed by atoms with E-state index in [1.165, 1.54) is 5.69 Å². The highest BCUT2D eigenvalue weighted by Gasteiger charge is 1.84. The Labute approximate surface area is 44.3 Å². The van der Waals surface area contributed by atoms with E-state index in [2.05, 4.69) is 10.7 Å². The molecule has 3 heteroatoms. The van der Waals surface area contributed by atoms with Gasteiger partial charge in [0.05, 0.1) is 8.35 Å². The molecule has 38 valence electrons. The normalized spacial score (nSPS) is 10.6. The fourth-order valence-corrected chi connectivity index (χ4v) is 1.02. The van der Waals surface area contributed by atoms with Gasteiger partial charge in [-0.1, -0.05) is 0 Å². The van der Waals surface area contributed by atoms with Crippen molar-refractivity contribution < 1.29 is 0 Å². The molecular formula is C4H7N2P. The van der Waals surface area contributed by atoms with Crippen LogP contribution in [0.4, 0.5) is 0 Å². The Morgan fingerprint density at radius 2 is 2.57 bits per heavy atom. The Bertz CT molecular complexity index is 142. The average molecular weight is 114 g/mol. The lowest BCUT2D eigenvalue weighted by Gasteiger charge is -1.86. The van der Waals surface area contributed by atoms with Gasteiger partial charge in [0.25, 0.3) is 0 Å². The van der Waals surface area contributed by atoms with E-state index < -0.39 is 0 Å². The fraction of sp³-hybridized carbons (Fsp3) is 0.500. The molecule has 0 spiro atoms. The van der Waals surface area contributed by atoms with E-state index in [0.29, 0.717) is 0 Å². The zero-order valence-electron chi connectivity index (χ0n) is 4.42. The van der Waals surface area contributed by atoms with Crippen LogP contribution < -0.4 is 0 Å². The first kappa shape index (κ1) is 4.79. The van der Waals surface area contributed by atoms with Gasteiger partial charge in [0.1, 0.15) is 0 Å². The van der Waals surface area contributed by atoms with E-state index >= 15 is 0 Å². The van der Waals surface area contributed by atoms with Crippen molar-refractivity contribution in [1.29, 1.82) is 0 Å². The maximum atomic E-state index is 4.03. The fourth-order valence-electron chi connectivity index (χ4n) is 0.341. The van der Waals surface area contributed by atoms with Crippen LogP contribution in [0.15, 0.2) is 5.80 Å². The third kappa shape index (κ3) is 0.804. The van der Waals surface area contributed by atoms with Crippen LogP contribution in [0, 0.1) is 6.92 Å². The van der Waals surface area contributed by atoms with Crippen molar-refractivity contribution in [3.8, 4) is 0 Å². The zero-order valence-corrected chi connectivity index (χ0v) is 5.31. The summed E-state index contributed by atoms with van der Waals surface area (Å²) in [7, 11) is 3.02. The maximum Gasteiger partial charge on any atom is 0.0627 e. The second-order valence-corrected chi connectivity index (χ2v) is 2.17. The lowest BCUT2D eigenvalue weighted by Crippen LogP contribution is -1.89. The number of rotatable bonds is 0. The topological polar surface area (TPSA) is 17.8 Å². The van der Waals surface area contributed by atoms with E-state index in [9.17, 15) is 0 Å². The van der Waals surface area contributed by atoms with Crippen LogP contribution in [0.25, 0.3) is 0 Å². The molecule has 0 amide bonds. The molecule has 0 fully saturated rings. The molecule has 0 bridgehead atoms. The summed E-state index contributed by atoms with van der Waals surface area (Å²) in [5.74, 6) is 2.07.